The average Bonchev–Trinajstić information content (AvgIpc) is 2.56. The first kappa shape index (κ1) is 16.9. The molecule has 122 valence electrons. The molecule has 0 atom stereocenters. The van der Waals surface area contributed by atoms with Crippen LogP contribution < -0.4 is 5.56 Å². The van der Waals surface area contributed by atoms with Crippen molar-refractivity contribution in [1.82, 2.24) is 14.5 Å². The number of hydrogen-bond donors (Lipinski definition) is 0. The lowest BCUT2D eigenvalue weighted by atomic mass is 10.2. The zero-order chi connectivity index (χ0) is 16.7. The first-order valence-electron chi connectivity index (χ1n) is 7.93. The van der Waals surface area contributed by atoms with Crippen molar-refractivity contribution < 1.29 is 4.79 Å². The highest BCUT2D eigenvalue weighted by molar-refractivity contribution is 5.75. The van der Waals surface area contributed by atoms with Gasteiger partial charge in [-0.05, 0) is 18.4 Å². The quantitative estimate of drug-likeness (QED) is 0.788. The van der Waals surface area contributed by atoms with Gasteiger partial charge in [0.15, 0.2) is 0 Å². The Labute approximate surface area is 136 Å². The summed E-state index contributed by atoms with van der Waals surface area (Å²) < 4.78 is 1.36. The minimum absolute atomic E-state index is 0.0171. The van der Waals surface area contributed by atoms with Gasteiger partial charge in [0.2, 0.25) is 5.91 Å². The van der Waals surface area contributed by atoms with Crippen molar-refractivity contribution in [3.8, 4) is 0 Å². The van der Waals surface area contributed by atoms with Crippen LogP contribution in [0.1, 0.15) is 31.0 Å². The summed E-state index contributed by atoms with van der Waals surface area (Å²) in [6, 6.07) is 11.3. The molecule has 0 N–H and O–H groups in total. The topological polar surface area (TPSA) is 55.2 Å². The monoisotopic (exact) mass is 313 g/mol. The molecule has 23 heavy (non-hydrogen) atoms. The molecule has 2 aromatic rings. The molecule has 0 aliphatic heterocycles. The molecular formula is C18H23N3O2. The van der Waals surface area contributed by atoms with Gasteiger partial charge in [-0.15, -0.1) is 0 Å². The predicted molar refractivity (Wildman–Crippen MR) is 90.0 cm³/mol. The lowest BCUT2D eigenvalue weighted by Gasteiger charge is -2.18. The summed E-state index contributed by atoms with van der Waals surface area (Å²) in [6.45, 7) is 2.64. The summed E-state index contributed by atoms with van der Waals surface area (Å²) in [5.41, 5.74) is 1.68. The number of unbranched alkanes of at least 4 members (excludes halogenated alkanes) is 1. The molecule has 1 amide bonds. The van der Waals surface area contributed by atoms with Crippen LogP contribution in [0.4, 0.5) is 0 Å². The second-order valence-corrected chi connectivity index (χ2v) is 5.69. The van der Waals surface area contributed by atoms with Crippen LogP contribution >= 0.6 is 0 Å². The van der Waals surface area contributed by atoms with Gasteiger partial charge >= 0.3 is 0 Å². The van der Waals surface area contributed by atoms with Crippen molar-refractivity contribution in [2.75, 3.05) is 7.05 Å². The number of likely N-dealkylation sites (N-methyl/N-ethyl adjacent to an activating group) is 1. The van der Waals surface area contributed by atoms with Gasteiger partial charge in [0.05, 0.1) is 6.33 Å². The number of amides is 1. The van der Waals surface area contributed by atoms with E-state index in [1.807, 2.05) is 30.3 Å². The summed E-state index contributed by atoms with van der Waals surface area (Å²) in [5, 5.41) is 0. The van der Waals surface area contributed by atoms with Crippen molar-refractivity contribution >= 4 is 5.91 Å². The second kappa shape index (κ2) is 8.27. The maximum Gasteiger partial charge on any atom is 0.253 e. The van der Waals surface area contributed by atoms with E-state index in [0.29, 0.717) is 6.54 Å². The molecule has 0 saturated carbocycles. The minimum Gasteiger partial charge on any atom is -0.340 e. The number of carbonyl (C=O) groups is 1. The van der Waals surface area contributed by atoms with Crippen LogP contribution in [0, 0.1) is 0 Å². The molecule has 0 aliphatic rings. The zero-order valence-corrected chi connectivity index (χ0v) is 13.7. The summed E-state index contributed by atoms with van der Waals surface area (Å²) in [7, 11) is 1.74. The van der Waals surface area contributed by atoms with E-state index >= 15 is 0 Å². The average molecular weight is 313 g/mol. The Balaban J connectivity index is 1.98. The highest BCUT2D eigenvalue weighted by Gasteiger charge is 2.11. The van der Waals surface area contributed by atoms with Crippen LogP contribution in [-0.4, -0.2) is 27.4 Å². The van der Waals surface area contributed by atoms with Crippen LogP contribution in [0.15, 0.2) is 47.5 Å². The van der Waals surface area contributed by atoms with Crippen LogP contribution in [-0.2, 0) is 24.3 Å². The SMILES string of the molecule is CCCCc1cc(=O)n(CC(=O)N(C)Cc2ccccc2)cn1. The van der Waals surface area contributed by atoms with E-state index in [0.717, 1.165) is 30.5 Å². The Morgan fingerprint density at radius 3 is 2.65 bits per heavy atom. The van der Waals surface area contributed by atoms with E-state index in [1.165, 1.54) is 17.0 Å². The van der Waals surface area contributed by atoms with E-state index < -0.39 is 0 Å². The molecule has 0 radical (unpaired) electrons. The fourth-order valence-electron chi connectivity index (χ4n) is 2.29. The first-order valence-corrected chi connectivity index (χ1v) is 7.93. The molecule has 1 aromatic heterocycles. The van der Waals surface area contributed by atoms with Gasteiger partial charge in [-0.25, -0.2) is 4.98 Å². The van der Waals surface area contributed by atoms with Gasteiger partial charge in [0, 0.05) is 25.4 Å². The molecule has 1 heterocycles. The van der Waals surface area contributed by atoms with Gasteiger partial charge in [0.25, 0.3) is 5.56 Å². The number of benzene rings is 1. The van der Waals surface area contributed by atoms with Gasteiger partial charge in [0.1, 0.15) is 6.54 Å². The number of hydrogen-bond acceptors (Lipinski definition) is 3. The third-order valence-corrected chi connectivity index (χ3v) is 3.72. The Morgan fingerprint density at radius 2 is 2.00 bits per heavy atom. The minimum atomic E-state index is -0.174. The Kier molecular flexibility index (Phi) is 6.09. The molecule has 5 heteroatoms. The molecule has 5 nitrogen and oxygen atoms in total. The van der Waals surface area contributed by atoms with Gasteiger partial charge < -0.3 is 4.90 Å². The maximum absolute atomic E-state index is 12.3. The zero-order valence-electron chi connectivity index (χ0n) is 13.7. The van der Waals surface area contributed by atoms with E-state index in [2.05, 4.69) is 11.9 Å². The first-order chi connectivity index (χ1) is 11.1. The molecule has 0 fully saturated rings. The smallest absolute Gasteiger partial charge is 0.253 e. The summed E-state index contributed by atoms with van der Waals surface area (Å²) >= 11 is 0. The molecule has 1 aromatic carbocycles. The second-order valence-electron chi connectivity index (χ2n) is 5.69. The van der Waals surface area contributed by atoms with Gasteiger partial charge in [-0.1, -0.05) is 43.7 Å². The predicted octanol–water partition coefficient (Wildman–Crippen LogP) is 2.24. The van der Waals surface area contributed by atoms with Crippen LogP contribution in [0.2, 0.25) is 0 Å². The lowest BCUT2D eigenvalue weighted by Crippen LogP contribution is -2.33. The van der Waals surface area contributed by atoms with Crippen molar-refractivity contribution in [1.29, 1.82) is 0 Å². The fourth-order valence-corrected chi connectivity index (χ4v) is 2.29. The summed E-state index contributed by atoms with van der Waals surface area (Å²) in [6.07, 6.45) is 4.35. The standard InChI is InChI=1S/C18H23N3O2/c1-3-4-10-16-11-17(22)21(14-19-16)13-18(23)20(2)12-15-8-6-5-7-9-15/h5-9,11,14H,3-4,10,12-13H2,1-2H3. The number of aryl methyl sites for hydroxylation is 1. The number of nitrogens with zero attached hydrogens (tertiary/aromatic N) is 3. The largest absolute Gasteiger partial charge is 0.340 e. The molecule has 0 unspecified atom stereocenters. The van der Waals surface area contributed by atoms with E-state index in [9.17, 15) is 9.59 Å². The van der Waals surface area contributed by atoms with Crippen LogP contribution in [0.5, 0.6) is 0 Å². The Hall–Kier alpha value is -2.43. The molecule has 0 saturated heterocycles. The molecule has 0 spiro atoms. The summed E-state index contributed by atoms with van der Waals surface area (Å²) in [4.78, 5) is 30.2. The van der Waals surface area contributed by atoms with Gasteiger partial charge in [-0.3, -0.25) is 14.2 Å². The molecule has 2 rings (SSSR count). The number of aromatic nitrogens is 2. The lowest BCUT2D eigenvalue weighted by molar-refractivity contribution is -0.131. The van der Waals surface area contributed by atoms with E-state index in [4.69, 9.17) is 0 Å². The summed E-state index contributed by atoms with van der Waals surface area (Å²) in [5.74, 6) is -0.112. The number of carbonyl (C=O) groups excluding carboxylic acids is 1. The van der Waals surface area contributed by atoms with Crippen molar-refractivity contribution in [2.24, 2.45) is 0 Å². The van der Waals surface area contributed by atoms with Crippen molar-refractivity contribution in [3.05, 3.63) is 64.3 Å². The maximum atomic E-state index is 12.3. The van der Waals surface area contributed by atoms with Gasteiger partial charge in [-0.2, -0.15) is 0 Å². The third-order valence-electron chi connectivity index (χ3n) is 3.72. The molecular weight excluding hydrogens is 290 g/mol. The molecule has 0 bridgehead atoms. The Morgan fingerprint density at radius 1 is 1.26 bits per heavy atom. The number of rotatable bonds is 7. The molecule has 0 aliphatic carbocycles. The van der Waals surface area contributed by atoms with Crippen LogP contribution in [0.3, 0.4) is 0 Å². The normalized spacial score (nSPS) is 10.5. The van der Waals surface area contributed by atoms with E-state index in [1.54, 1.807) is 11.9 Å². The van der Waals surface area contributed by atoms with Crippen molar-refractivity contribution in [3.63, 3.8) is 0 Å². The highest BCUT2D eigenvalue weighted by Crippen LogP contribution is 2.03. The highest BCUT2D eigenvalue weighted by atomic mass is 16.2. The third kappa shape index (κ3) is 5.06. The Bertz CT molecular complexity index is 695. The fraction of sp³-hybridized carbons (Fsp3) is 0.389. The van der Waals surface area contributed by atoms with Crippen LogP contribution in [0.25, 0.3) is 0 Å². The van der Waals surface area contributed by atoms with Crippen molar-refractivity contribution in [2.45, 2.75) is 39.3 Å². The van der Waals surface area contributed by atoms with E-state index in [-0.39, 0.29) is 18.0 Å².